The fraction of sp³-hybridized carbons (Fsp3) is 0.150. The minimum absolute atomic E-state index is 0.0125. The summed E-state index contributed by atoms with van der Waals surface area (Å²) in [5, 5.41) is 8.51. The molecule has 3 aromatic rings. The monoisotopic (exact) mass is 411 g/mol. The zero-order chi connectivity index (χ0) is 20.7. The lowest BCUT2D eigenvalue weighted by molar-refractivity contribution is 0.0438. The largest absolute Gasteiger partial charge is 0.452 e. The van der Waals surface area contributed by atoms with Crippen molar-refractivity contribution in [3.8, 4) is 17.4 Å². The molecule has 0 unspecified atom stereocenters. The second-order valence-electron chi connectivity index (χ2n) is 5.89. The number of nitrogens with one attached hydrogen (secondary N) is 1. The highest BCUT2D eigenvalue weighted by molar-refractivity contribution is 7.89. The second-order valence-corrected chi connectivity index (χ2v) is 7.66. The van der Waals surface area contributed by atoms with Gasteiger partial charge in [-0.25, -0.2) is 22.9 Å². The third-order valence-electron chi connectivity index (χ3n) is 3.85. The van der Waals surface area contributed by atoms with Crippen LogP contribution in [0.15, 0.2) is 70.1 Å². The Bertz CT molecular complexity index is 1130. The normalized spacial score (nSPS) is 11.0. The van der Waals surface area contributed by atoms with Crippen molar-refractivity contribution in [1.82, 2.24) is 9.71 Å². The van der Waals surface area contributed by atoms with Crippen LogP contribution in [0.1, 0.15) is 22.7 Å². The lowest BCUT2D eigenvalue weighted by atomic mass is 10.2. The molecule has 2 aromatic carbocycles. The van der Waals surface area contributed by atoms with E-state index in [9.17, 15) is 13.2 Å². The van der Waals surface area contributed by atoms with Gasteiger partial charge in [0.15, 0.2) is 12.4 Å². The van der Waals surface area contributed by atoms with Crippen LogP contribution < -0.4 is 4.72 Å². The smallest absolute Gasteiger partial charge is 0.338 e. The first-order valence-electron chi connectivity index (χ1n) is 8.63. The highest BCUT2D eigenvalue weighted by Gasteiger charge is 2.17. The maximum absolute atomic E-state index is 12.3. The van der Waals surface area contributed by atoms with Crippen LogP contribution in [0.5, 0.6) is 0 Å². The van der Waals surface area contributed by atoms with E-state index in [2.05, 4.69) is 9.71 Å². The van der Waals surface area contributed by atoms with Gasteiger partial charge in [-0.2, -0.15) is 5.26 Å². The van der Waals surface area contributed by atoms with Crippen LogP contribution in [0.4, 0.5) is 0 Å². The molecule has 0 aliphatic heterocycles. The summed E-state index contributed by atoms with van der Waals surface area (Å²) in [7, 11) is -3.82. The summed E-state index contributed by atoms with van der Waals surface area (Å²) in [4.78, 5) is 16.3. The van der Waals surface area contributed by atoms with Crippen LogP contribution in [0.25, 0.3) is 11.3 Å². The number of carbonyl (C=O) groups excluding carboxylic acids is 1. The number of rotatable bonds is 8. The summed E-state index contributed by atoms with van der Waals surface area (Å²) in [5.74, 6) is 0.0610. The minimum Gasteiger partial charge on any atom is -0.452 e. The van der Waals surface area contributed by atoms with Crippen molar-refractivity contribution in [2.75, 3.05) is 6.54 Å². The highest BCUT2D eigenvalue weighted by Crippen LogP contribution is 2.20. The first-order valence-corrected chi connectivity index (χ1v) is 10.1. The summed E-state index contributed by atoms with van der Waals surface area (Å²) >= 11 is 0. The van der Waals surface area contributed by atoms with Gasteiger partial charge in [-0.3, -0.25) is 0 Å². The van der Waals surface area contributed by atoms with Crippen molar-refractivity contribution in [3.63, 3.8) is 0 Å². The lowest BCUT2D eigenvalue weighted by Crippen LogP contribution is -2.24. The van der Waals surface area contributed by atoms with Gasteiger partial charge >= 0.3 is 5.97 Å². The molecule has 1 N–H and O–H groups in total. The van der Waals surface area contributed by atoms with Gasteiger partial charge < -0.3 is 9.15 Å². The quantitative estimate of drug-likeness (QED) is 0.447. The molecule has 0 radical (unpaired) electrons. The summed E-state index contributed by atoms with van der Waals surface area (Å²) in [6.45, 7) is -0.204. The number of ether oxygens (including phenoxy) is 1. The Hall–Kier alpha value is -3.48. The zero-order valence-electron chi connectivity index (χ0n) is 15.2. The standard InChI is InChI=1S/C20H17N3O5S/c21-10-5-11-23-29(25,26)17-9-4-8-16(12-17)20(24)27-14-19-22-13-18(28-19)15-6-2-1-3-7-15/h1-4,6-9,12-13,23H,5,11,14H2. The topological polar surface area (TPSA) is 122 Å². The fourth-order valence-corrected chi connectivity index (χ4v) is 3.52. The third-order valence-corrected chi connectivity index (χ3v) is 5.31. The Labute approximate surface area is 167 Å². The van der Waals surface area contributed by atoms with E-state index in [1.54, 1.807) is 6.20 Å². The molecule has 0 bridgehead atoms. The predicted molar refractivity (Wildman–Crippen MR) is 103 cm³/mol. The molecular weight excluding hydrogens is 394 g/mol. The molecule has 1 aromatic heterocycles. The van der Waals surface area contributed by atoms with Crippen LogP contribution in [0.3, 0.4) is 0 Å². The number of nitriles is 1. The fourth-order valence-electron chi connectivity index (χ4n) is 2.44. The van der Waals surface area contributed by atoms with Crippen LogP contribution in [0, 0.1) is 11.3 Å². The van der Waals surface area contributed by atoms with Crippen molar-refractivity contribution >= 4 is 16.0 Å². The predicted octanol–water partition coefficient (Wildman–Crippen LogP) is 2.89. The number of esters is 1. The van der Waals surface area contributed by atoms with Gasteiger partial charge in [0.25, 0.3) is 0 Å². The van der Waals surface area contributed by atoms with Gasteiger partial charge in [-0.15, -0.1) is 0 Å². The van der Waals surface area contributed by atoms with E-state index in [0.29, 0.717) is 5.76 Å². The van der Waals surface area contributed by atoms with Crippen molar-refractivity contribution in [2.45, 2.75) is 17.9 Å². The number of nitrogens with zero attached hydrogens (tertiary/aromatic N) is 2. The zero-order valence-corrected chi connectivity index (χ0v) is 16.1. The maximum Gasteiger partial charge on any atom is 0.338 e. The highest BCUT2D eigenvalue weighted by atomic mass is 32.2. The summed E-state index contributed by atoms with van der Waals surface area (Å²) < 4.78 is 37.4. The van der Waals surface area contributed by atoms with Gasteiger partial charge in [0.05, 0.1) is 22.7 Å². The Morgan fingerprint density at radius 1 is 1.17 bits per heavy atom. The van der Waals surface area contributed by atoms with Crippen molar-refractivity contribution in [2.24, 2.45) is 0 Å². The molecule has 9 heteroatoms. The molecule has 0 spiro atoms. The number of oxazole rings is 1. The maximum atomic E-state index is 12.3. The van der Waals surface area contributed by atoms with Crippen molar-refractivity contribution in [3.05, 3.63) is 72.2 Å². The first kappa shape index (κ1) is 20.3. The van der Waals surface area contributed by atoms with Gasteiger partial charge in [-0.05, 0) is 18.2 Å². The SMILES string of the molecule is N#CCCNS(=O)(=O)c1cccc(C(=O)OCc2ncc(-c3ccccc3)o2)c1. The molecule has 3 rings (SSSR count). The second kappa shape index (κ2) is 9.14. The van der Waals surface area contributed by atoms with Gasteiger partial charge in [0.1, 0.15) is 0 Å². The number of hydrogen-bond donors (Lipinski definition) is 1. The molecule has 29 heavy (non-hydrogen) atoms. The van der Waals surface area contributed by atoms with Gasteiger partial charge in [0.2, 0.25) is 15.9 Å². The third kappa shape index (κ3) is 5.28. The molecule has 1 heterocycles. The number of aromatic nitrogens is 1. The average molecular weight is 411 g/mol. The molecule has 0 amide bonds. The van der Waals surface area contributed by atoms with Crippen LogP contribution in [-0.2, 0) is 21.4 Å². The number of hydrogen-bond acceptors (Lipinski definition) is 7. The van der Waals surface area contributed by atoms with Gasteiger partial charge in [-0.1, -0.05) is 36.4 Å². The molecule has 0 fully saturated rings. The molecule has 8 nitrogen and oxygen atoms in total. The van der Waals surface area contributed by atoms with E-state index in [1.165, 1.54) is 24.3 Å². The number of carbonyl (C=O) groups is 1. The first-order chi connectivity index (χ1) is 14.0. The van der Waals surface area contributed by atoms with E-state index in [0.717, 1.165) is 5.56 Å². The lowest BCUT2D eigenvalue weighted by Gasteiger charge is -2.07. The average Bonchev–Trinajstić information content (AvgIpc) is 3.22. The minimum atomic E-state index is -3.82. The van der Waals surface area contributed by atoms with Crippen LogP contribution in [0.2, 0.25) is 0 Å². The van der Waals surface area contributed by atoms with Crippen molar-refractivity contribution < 1.29 is 22.4 Å². The van der Waals surface area contributed by atoms with Crippen molar-refractivity contribution in [1.29, 1.82) is 5.26 Å². The number of sulfonamides is 1. The molecule has 0 aliphatic rings. The van der Waals surface area contributed by atoms with E-state index in [1.807, 2.05) is 36.4 Å². The summed E-state index contributed by atoms with van der Waals surface area (Å²) in [6.07, 6.45) is 1.58. The van der Waals surface area contributed by atoms with E-state index < -0.39 is 16.0 Å². The van der Waals surface area contributed by atoms with Gasteiger partial charge in [0, 0.05) is 18.5 Å². The molecule has 148 valence electrons. The number of benzene rings is 2. The summed E-state index contributed by atoms with van der Waals surface area (Å²) in [6, 6.07) is 16.7. The molecular formula is C20H17N3O5S. The molecule has 0 atom stereocenters. The van der Waals surface area contributed by atoms with Crippen LogP contribution >= 0.6 is 0 Å². The van der Waals surface area contributed by atoms with E-state index >= 15 is 0 Å². The van der Waals surface area contributed by atoms with E-state index in [-0.39, 0.29) is 35.9 Å². The molecule has 0 aliphatic carbocycles. The summed E-state index contributed by atoms with van der Waals surface area (Å²) in [5.41, 5.74) is 0.919. The Kier molecular flexibility index (Phi) is 6.39. The Morgan fingerprint density at radius 2 is 1.97 bits per heavy atom. The van der Waals surface area contributed by atoms with E-state index in [4.69, 9.17) is 14.4 Å². The molecule has 0 saturated carbocycles. The Morgan fingerprint density at radius 3 is 2.72 bits per heavy atom. The molecule has 0 saturated heterocycles. The Balaban J connectivity index is 1.64. The van der Waals surface area contributed by atoms with Crippen LogP contribution in [-0.4, -0.2) is 25.9 Å².